The number of nitrogens with one attached hydrogen (secondary N) is 2. The molecule has 3 aromatic rings. The van der Waals surface area contributed by atoms with Gasteiger partial charge >= 0.3 is 0 Å². The van der Waals surface area contributed by atoms with E-state index in [2.05, 4.69) is 38.1 Å². The van der Waals surface area contributed by atoms with E-state index in [1.165, 1.54) is 4.88 Å². The first-order chi connectivity index (χ1) is 11.3. The lowest BCUT2D eigenvalue weighted by Crippen LogP contribution is -2.37. The second-order valence-corrected chi connectivity index (χ2v) is 6.78. The lowest BCUT2D eigenvalue weighted by Gasteiger charge is -2.10. The summed E-state index contributed by atoms with van der Waals surface area (Å²) in [6.07, 6.45) is 2.67. The van der Waals surface area contributed by atoms with E-state index in [4.69, 9.17) is 4.42 Å². The molecule has 5 nitrogen and oxygen atoms in total. The van der Waals surface area contributed by atoms with Crippen molar-refractivity contribution in [2.45, 2.75) is 13.0 Å². The van der Waals surface area contributed by atoms with E-state index < -0.39 is 0 Å². The molecule has 0 spiro atoms. The highest BCUT2D eigenvalue weighted by Gasteiger charge is 2.08. The van der Waals surface area contributed by atoms with E-state index in [9.17, 15) is 0 Å². The molecule has 3 aromatic heterocycles. The van der Waals surface area contributed by atoms with Crippen molar-refractivity contribution in [3.05, 3.63) is 51.9 Å². The monoisotopic (exact) mass is 474 g/mol. The molecule has 0 unspecified atom stereocenters. The molecule has 2 N–H and O–H groups in total. The number of aromatic nitrogens is 1. The maximum Gasteiger partial charge on any atom is 0.236 e. The third-order valence-electron chi connectivity index (χ3n) is 3.19. The topological polar surface area (TPSA) is 62.5 Å². The highest BCUT2D eigenvalue weighted by Crippen LogP contribution is 2.23. The number of guanidine groups is 1. The molecule has 0 aliphatic rings. The van der Waals surface area contributed by atoms with Gasteiger partial charge in [0.15, 0.2) is 5.96 Å². The minimum Gasteiger partial charge on any atom is -0.443 e. The molecule has 8 heteroatoms. The number of rotatable bonds is 6. The summed E-state index contributed by atoms with van der Waals surface area (Å²) in [7, 11) is 1.76. The number of hydrogen-bond acceptors (Lipinski definition) is 5. The summed E-state index contributed by atoms with van der Waals surface area (Å²) >= 11 is 3.39. The van der Waals surface area contributed by atoms with Crippen molar-refractivity contribution in [3.8, 4) is 10.8 Å². The maximum atomic E-state index is 5.51. The zero-order valence-corrected chi connectivity index (χ0v) is 17.2. The molecule has 3 heterocycles. The van der Waals surface area contributed by atoms with Crippen molar-refractivity contribution in [2.24, 2.45) is 4.99 Å². The van der Waals surface area contributed by atoms with Gasteiger partial charge in [-0.15, -0.1) is 46.7 Å². The van der Waals surface area contributed by atoms with E-state index in [1.807, 2.05) is 17.5 Å². The molecule has 3 rings (SSSR count). The Labute approximate surface area is 166 Å². The summed E-state index contributed by atoms with van der Waals surface area (Å²) in [6.45, 7) is 1.42. The highest BCUT2D eigenvalue weighted by molar-refractivity contribution is 14.0. The lowest BCUT2D eigenvalue weighted by molar-refractivity contribution is 0.573. The van der Waals surface area contributed by atoms with Gasteiger partial charge in [0.25, 0.3) is 0 Å². The molecule has 0 aliphatic heterocycles. The zero-order chi connectivity index (χ0) is 15.9. The van der Waals surface area contributed by atoms with Gasteiger partial charge in [0.05, 0.1) is 17.1 Å². The molecule has 0 saturated heterocycles. The number of nitrogens with zero attached hydrogens (tertiary/aromatic N) is 2. The van der Waals surface area contributed by atoms with Gasteiger partial charge in [-0.2, -0.15) is 0 Å². The van der Waals surface area contributed by atoms with E-state index in [0.29, 0.717) is 12.4 Å². The molecule has 0 aromatic carbocycles. The van der Waals surface area contributed by atoms with E-state index in [1.54, 1.807) is 36.0 Å². The van der Waals surface area contributed by atoms with Crippen LogP contribution in [0.1, 0.15) is 10.6 Å². The molecular weight excluding hydrogens is 455 g/mol. The fourth-order valence-corrected chi connectivity index (χ4v) is 3.42. The van der Waals surface area contributed by atoms with Crippen LogP contribution in [-0.4, -0.2) is 24.5 Å². The van der Waals surface area contributed by atoms with Crippen molar-refractivity contribution in [3.63, 3.8) is 0 Å². The average Bonchev–Trinajstić information content (AvgIpc) is 3.32. The molecule has 0 fully saturated rings. The molecule has 0 bridgehead atoms. The summed E-state index contributed by atoms with van der Waals surface area (Å²) in [5.74, 6) is 1.43. The number of thiophene rings is 2. The number of aliphatic imine (C=N–C) groups is 1. The summed E-state index contributed by atoms with van der Waals surface area (Å²) in [5.41, 5.74) is 0.856. The van der Waals surface area contributed by atoms with Gasteiger partial charge in [0.1, 0.15) is 6.26 Å². The van der Waals surface area contributed by atoms with Crippen molar-refractivity contribution in [2.75, 3.05) is 13.6 Å². The SMILES string of the molecule is CN=C(NCCc1cccs1)NCc1coc(-c2cccs2)n1.I. The van der Waals surface area contributed by atoms with Gasteiger partial charge in [-0.05, 0) is 29.3 Å². The Hall–Kier alpha value is -1.39. The first kappa shape index (κ1) is 18.9. The van der Waals surface area contributed by atoms with Gasteiger partial charge < -0.3 is 15.1 Å². The Kier molecular flexibility index (Phi) is 7.73. The minimum absolute atomic E-state index is 0. The summed E-state index contributed by atoms with van der Waals surface area (Å²) in [4.78, 5) is 11.1. The Morgan fingerprint density at radius 3 is 2.75 bits per heavy atom. The predicted molar refractivity (Wildman–Crippen MR) is 111 cm³/mol. The van der Waals surface area contributed by atoms with Crippen LogP contribution >= 0.6 is 46.7 Å². The van der Waals surface area contributed by atoms with Gasteiger partial charge in [-0.25, -0.2) is 4.98 Å². The number of hydrogen-bond donors (Lipinski definition) is 2. The van der Waals surface area contributed by atoms with Gasteiger partial charge in [-0.1, -0.05) is 12.1 Å². The lowest BCUT2D eigenvalue weighted by atomic mass is 10.3. The van der Waals surface area contributed by atoms with Crippen LogP contribution in [0.5, 0.6) is 0 Å². The number of halogens is 1. The Bertz CT molecular complexity index is 738. The second kappa shape index (κ2) is 9.80. The van der Waals surface area contributed by atoms with Gasteiger partial charge in [0, 0.05) is 18.5 Å². The van der Waals surface area contributed by atoms with Crippen LogP contribution in [0, 0.1) is 0 Å². The average molecular weight is 474 g/mol. The second-order valence-electron chi connectivity index (χ2n) is 4.80. The zero-order valence-electron chi connectivity index (χ0n) is 13.2. The molecule has 0 aliphatic carbocycles. The van der Waals surface area contributed by atoms with Crippen molar-refractivity contribution >= 4 is 52.6 Å². The molecule has 0 atom stereocenters. The van der Waals surface area contributed by atoms with Crippen LogP contribution in [0.2, 0.25) is 0 Å². The maximum absolute atomic E-state index is 5.51. The first-order valence-corrected chi connectivity index (χ1v) is 9.06. The van der Waals surface area contributed by atoms with E-state index >= 15 is 0 Å². The standard InChI is InChI=1S/C16H18N4OS2.HI/c1-17-16(18-7-6-13-4-2-8-22-13)19-10-12-11-21-15(20-12)14-5-3-9-23-14;/h2-5,8-9,11H,6-7,10H2,1H3,(H2,17,18,19);1H. The summed E-state index contributed by atoms with van der Waals surface area (Å²) in [6, 6.07) is 8.20. The highest BCUT2D eigenvalue weighted by atomic mass is 127. The largest absolute Gasteiger partial charge is 0.443 e. The smallest absolute Gasteiger partial charge is 0.236 e. The molecule has 24 heavy (non-hydrogen) atoms. The van der Waals surface area contributed by atoms with Crippen molar-refractivity contribution in [1.29, 1.82) is 0 Å². The fraction of sp³-hybridized carbons (Fsp3) is 0.250. The van der Waals surface area contributed by atoms with Crippen LogP contribution < -0.4 is 10.6 Å². The third kappa shape index (κ3) is 5.32. The van der Waals surface area contributed by atoms with E-state index in [-0.39, 0.29) is 24.0 Å². The Morgan fingerprint density at radius 2 is 2.04 bits per heavy atom. The summed E-state index contributed by atoms with van der Waals surface area (Å²) < 4.78 is 5.51. The predicted octanol–water partition coefficient (Wildman–Crippen LogP) is 3.99. The summed E-state index contributed by atoms with van der Waals surface area (Å²) in [5, 5.41) is 10.7. The minimum atomic E-state index is 0. The third-order valence-corrected chi connectivity index (χ3v) is 4.98. The molecule has 0 saturated carbocycles. The van der Waals surface area contributed by atoms with Crippen LogP contribution in [0.4, 0.5) is 0 Å². The molecule has 128 valence electrons. The quantitative estimate of drug-likeness (QED) is 0.322. The van der Waals surface area contributed by atoms with Crippen molar-refractivity contribution in [1.82, 2.24) is 15.6 Å². The van der Waals surface area contributed by atoms with Gasteiger partial charge in [-0.3, -0.25) is 4.99 Å². The molecular formula is C16H19IN4OS2. The fourth-order valence-electron chi connectivity index (χ4n) is 2.06. The first-order valence-electron chi connectivity index (χ1n) is 7.30. The van der Waals surface area contributed by atoms with Crippen LogP contribution in [0.15, 0.2) is 50.7 Å². The van der Waals surface area contributed by atoms with Crippen LogP contribution in [0.25, 0.3) is 10.8 Å². The van der Waals surface area contributed by atoms with Crippen LogP contribution in [0.3, 0.4) is 0 Å². The van der Waals surface area contributed by atoms with E-state index in [0.717, 1.165) is 29.5 Å². The number of oxazole rings is 1. The normalized spacial score (nSPS) is 11.1. The Morgan fingerprint density at radius 1 is 1.21 bits per heavy atom. The molecule has 0 amide bonds. The molecule has 0 radical (unpaired) electrons. The van der Waals surface area contributed by atoms with Crippen molar-refractivity contribution < 1.29 is 4.42 Å². The van der Waals surface area contributed by atoms with Gasteiger partial charge in [0.2, 0.25) is 5.89 Å². The van der Waals surface area contributed by atoms with Crippen LogP contribution in [-0.2, 0) is 13.0 Å². The Balaban J connectivity index is 0.00000208.